The highest BCUT2D eigenvalue weighted by Gasteiger charge is 2.64. The molecule has 3 aliphatic heterocycles. The molecule has 1 aliphatic carbocycles. The van der Waals surface area contributed by atoms with Crippen molar-refractivity contribution in [3.05, 3.63) is 94.1 Å². The summed E-state index contributed by atoms with van der Waals surface area (Å²) in [7, 11) is -3.69. The Bertz CT molecular complexity index is 2400. The summed E-state index contributed by atoms with van der Waals surface area (Å²) in [4.78, 5) is 63.6. The number of amides is 3. The van der Waals surface area contributed by atoms with Gasteiger partial charge in [-0.3, -0.25) is 28.7 Å². The SMILES string of the molecule is CCCOC(=O)[C@H](C)NP(=O)(Cc1ccc2sc(C(=O)NCC3CCC[C@H]4CC[C@@H](C(=O)N5C[C@H](c6cncc(Cl)c6)[C@@H](C#N)C56CC6)N4C3=O)cc2c1)Oc1ccccc1. The van der Waals surface area contributed by atoms with Crippen LogP contribution in [0.1, 0.15) is 91.9 Å². The number of fused-ring (bicyclic) bond motifs is 2. The van der Waals surface area contributed by atoms with Gasteiger partial charge < -0.3 is 24.4 Å². The summed E-state index contributed by atoms with van der Waals surface area (Å²) in [5.41, 5.74) is 0.988. The fraction of sp³-hybridized carbons (Fsp3) is 0.467. The number of nitrogens with zero attached hydrogens (tertiary/aromatic N) is 4. The summed E-state index contributed by atoms with van der Waals surface area (Å²) in [5, 5.41) is 17.5. The minimum Gasteiger partial charge on any atom is -0.465 e. The number of nitriles is 1. The first-order chi connectivity index (χ1) is 29.4. The molecule has 7 atom stereocenters. The van der Waals surface area contributed by atoms with E-state index in [0.717, 1.165) is 47.8 Å². The lowest BCUT2D eigenvalue weighted by atomic mass is 9.85. The Morgan fingerprint density at radius 2 is 1.89 bits per heavy atom. The van der Waals surface area contributed by atoms with E-state index in [1.807, 2.05) is 47.1 Å². The van der Waals surface area contributed by atoms with Crippen LogP contribution in [0.4, 0.5) is 0 Å². The molecule has 320 valence electrons. The van der Waals surface area contributed by atoms with Crippen molar-refractivity contribution in [3.8, 4) is 11.8 Å². The van der Waals surface area contributed by atoms with Gasteiger partial charge in [0.05, 0.1) is 46.1 Å². The Hall–Kier alpha value is -4.80. The number of nitrogens with one attached hydrogen (secondary N) is 2. The van der Waals surface area contributed by atoms with Crippen molar-refractivity contribution in [2.75, 3.05) is 19.7 Å². The third-order valence-electron chi connectivity index (χ3n) is 12.6. The highest BCUT2D eigenvalue weighted by atomic mass is 35.5. The van der Waals surface area contributed by atoms with Crippen LogP contribution in [-0.4, -0.2) is 81.8 Å². The molecular formula is C45H50ClN6O7PS. The third kappa shape index (κ3) is 8.94. The summed E-state index contributed by atoms with van der Waals surface area (Å²) < 4.78 is 26.5. The molecule has 2 unspecified atom stereocenters. The molecule has 1 saturated carbocycles. The van der Waals surface area contributed by atoms with Crippen molar-refractivity contribution in [1.29, 1.82) is 5.26 Å². The number of para-hydroxylation sites is 1. The lowest BCUT2D eigenvalue weighted by Gasteiger charge is -2.35. The molecule has 2 aromatic carbocycles. The summed E-state index contributed by atoms with van der Waals surface area (Å²) in [6.07, 6.45) is 8.92. The Balaban J connectivity index is 0.933. The van der Waals surface area contributed by atoms with Gasteiger partial charge in [-0.1, -0.05) is 49.2 Å². The minimum atomic E-state index is -3.69. The second-order valence-electron chi connectivity index (χ2n) is 16.8. The number of halogens is 1. The van der Waals surface area contributed by atoms with Crippen LogP contribution in [0, 0.1) is 23.2 Å². The van der Waals surface area contributed by atoms with E-state index in [2.05, 4.69) is 21.5 Å². The zero-order chi connectivity index (χ0) is 42.9. The Kier molecular flexibility index (Phi) is 12.6. The van der Waals surface area contributed by atoms with Crippen LogP contribution in [0.5, 0.6) is 5.75 Å². The number of aromatic nitrogens is 1. The van der Waals surface area contributed by atoms with Gasteiger partial charge >= 0.3 is 13.5 Å². The molecule has 16 heteroatoms. The van der Waals surface area contributed by atoms with Crippen LogP contribution >= 0.6 is 30.5 Å². The molecule has 1 spiro atoms. The van der Waals surface area contributed by atoms with E-state index in [1.165, 1.54) is 11.3 Å². The van der Waals surface area contributed by atoms with Gasteiger partial charge in [-0.15, -0.1) is 11.3 Å². The number of rotatable bonds is 14. The Morgan fingerprint density at radius 1 is 1.08 bits per heavy atom. The van der Waals surface area contributed by atoms with E-state index in [4.69, 9.17) is 20.9 Å². The summed E-state index contributed by atoms with van der Waals surface area (Å²) >= 11 is 7.60. The molecule has 4 fully saturated rings. The van der Waals surface area contributed by atoms with Crippen LogP contribution in [0.3, 0.4) is 0 Å². The van der Waals surface area contributed by atoms with E-state index < -0.39 is 37.0 Å². The normalized spacial score (nSPS) is 24.4. The molecule has 2 aromatic heterocycles. The fourth-order valence-corrected chi connectivity index (χ4v) is 12.7. The fourth-order valence-electron chi connectivity index (χ4n) is 9.51. The maximum absolute atomic E-state index is 14.5. The molecule has 4 aliphatic rings. The number of carbonyl (C=O) groups excluding carboxylic acids is 4. The average molecular weight is 885 g/mol. The molecule has 8 rings (SSSR count). The zero-order valence-electron chi connectivity index (χ0n) is 34.3. The molecule has 4 aromatic rings. The van der Waals surface area contributed by atoms with Crippen LogP contribution in [0.25, 0.3) is 10.1 Å². The lowest BCUT2D eigenvalue weighted by molar-refractivity contribution is -0.148. The highest BCUT2D eigenvalue weighted by Crippen LogP contribution is 2.58. The average Bonchev–Trinajstić information content (AvgIpc) is 3.62. The number of pyridine rings is 1. The van der Waals surface area contributed by atoms with E-state index in [9.17, 15) is 29.0 Å². The van der Waals surface area contributed by atoms with Gasteiger partial charge in [-0.25, -0.2) is 5.09 Å². The Morgan fingerprint density at radius 3 is 2.62 bits per heavy atom. The van der Waals surface area contributed by atoms with Crippen LogP contribution in [-0.2, 0) is 29.8 Å². The van der Waals surface area contributed by atoms with Gasteiger partial charge in [0.1, 0.15) is 17.8 Å². The molecule has 5 heterocycles. The van der Waals surface area contributed by atoms with E-state index in [1.54, 1.807) is 49.6 Å². The second-order valence-corrected chi connectivity index (χ2v) is 20.4. The number of hydrogen-bond donors (Lipinski definition) is 2. The Labute approximate surface area is 364 Å². The maximum Gasteiger partial charge on any atom is 0.323 e. The van der Waals surface area contributed by atoms with Gasteiger partial charge in [0.15, 0.2) is 0 Å². The van der Waals surface area contributed by atoms with Gasteiger partial charge in [0, 0.05) is 42.1 Å². The summed E-state index contributed by atoms with van der Waals surface area (Å²) in [6.45, 7) is 4.27. The topological polar surface area (TPSA) is 171 Å². The summed E-state index contributed by atoms with van der Waals surface area (Å²) in [5.74, 6) is -1.73. The molecular weight excluding hydrogens is 835 g/mol. The van der Waals surface area contributed by atoms with Gasteiger partial charge in [0.25, 0.3) is 5.91 Å². The highest BCUT2D eigenvalue weighted by molar-refractivity contribution is 7.56. The second kappa shape index (κ2) is 17.9. The quantitative estimate of drug-likeness (QED) is 0.0940. The first-order valence-electron chi connectivity index (χ1n) is 21.1. The van der Waals surface area contributed by atoms with Crippen LogP contribution in [0.2, 0.25) is 5.02 Å². The number of esters is 1. The van der Waals surface area contributed by atoms with Crippen molar-refractivity contribution in [2.24, 2.45) is 11.8 Å². The number of benzene rings is 2. The lowest BCUT2D eigenvalue weighted by Crippen LogP contribution is -2.54. The number of likely N-dealkylation sites (tertiary alicyclic amines) is 1. The monoisotopic (exact) mass is 884 g/mol. The predicted octanol–water partition coefficient (Wildman–Crippen LogP) is 7.84. The van der Waals surface area contributed by atoms with Crippen LogP contribution in [0.15, 0.2) is 73.1 Å². The minimum absolute atomic E-state index is 0.0248. The van der Waals surface area contributed by atoms with E-state index >= 15 is 0 Å². The van der Waals surface area contributed by atoms with Gasteiger partial charge in [-0.2, -0.15) is 5.26 Å². The van der Waals surface area contributed by atoms with E-state index in [0.29, 0.717) is 47.0 Å². The van der Waals surface area contributed by atoms with Crippen molar-refractivity contribution in [2.45, 2.75) is 101 Å². The maximum atomic E-state index is 14.5. The number of thiophene rings is 1. The molecule has 0 bridgehead atoms. The van der Waals surface area contributed by atoms with Crippen molar-refractivity contribution in [1.82, 2.24) is 25.2 Å². The largest absolute Gasteiger partial charge is 0.465 e. The first-order valence-corrected chi connectivity index (χ1v) is 24.1. The summed E-state index contributed by atoms with van der Waals surface area (Å²) in [6, 6.07) is 18.9. The number of ether oxygens (including phenoxy) is 1. The molecule has 3 saturated heterocycles. The molecule has 2 N–H and O–H groups in total. The number of carbonyl (C=O) groups is 4. The van der Waals surface area contributed by atoms with Crippen molar-refractivity contribution in [3.63, 3.8) is 0 Å². The van der Waals surface area contributed by atoms with Gasteiger partial charge in [-0.05, 0) is 105 Å². The van der Waals surface area contributed by atoms with Crippen molar-refractivity contribution >= 4 is 64.2 Å². The molecule has 13 nitrogen and oxygen atoms in total. The van der Waals surface area contributed by atoms with Crippen LogP contribution < -0.4 is 14.9 Å². The predicted molar refractivity (Wildman–Crippen MR) is 232 cm³/mol. The molecule has 61 heavy (non-hydrogen) atoms. The molecule has 3 amide bonds. The van der Waals surface area contributed by atoms with E-state index in [-0.39, 0.29) is 54.9 Å². The standard InChI is InChI=1S/C45H50ClN6O7PS/c1-3-18-58-44(56)28(2)50-60(57,59-35-10-5-4-6-11-35)27-29-12-15-39-31(19-29)21-40(61-39)41(53)49-24-30-8-7-9-34-13-14-38(52(34)42(30)54)43(55)51-26-36(32-20-33(46)25-48-23-32)37(22-47)45(51)16-17-45/h4-6,10-12,15,19-21,23,25,28,30,34,36-38H,3,7-9,13-14,16-18,24,26-27H2,1-2H3,(H,49,53)(H,50,57)/t28-,30?,34-,36+,37+,38-,60?/m0/s1. The smallest absolute Gasteiger partial charge is 0.323 e. The molecule has 0 radical (unpaired) electrons. The third-order valence-corrected chi connectivity index (χ3v) is 16.0. The van der Waals surface area contributed by atoms with Crippen molar-refractivity contribution < 1.29 is 33.0 Å². The first kappa shape index (κ1) is 42.9. The van der Waals surface area contributed by atoms with Gasteiger partial charge in [0.2, 0.25) is 11.8 Å². The zero-order valence-corrected chi connectivity index (χ0v) is 36.7. The number of hydrogen-bond acceptors (Lipinski definition) is 10.